The molecule has 3 aromatic rings. The highest BCUT2D eigenvalue weighted by atomic mass is 32.2. The summed E-state index contributed by atoms with van der Waals surface area (Å²) in [4.78, 5) is 4.58. The first-order valence-corrected chi connectivity index (χ1v) is 9.82. The lowest BCUT2D eigenvalue weighted by molar-refractivity contribution is 0.0581. The van der Waals surface area contributed by atoms with E-state index in [9.17, 15) is 8.42 Å². The third kappa shape index (κ3) is 3.44. The summed E-state index contributed by atoms with van der Waals surface area (Å²) in [6.07, 6.45) is 0. The molecule has 1 N–H and O–H groups in total. The molecule has 0 radical (unpaired) electrons. The van der Waals surface area contributed by atoms with Crippen LogP contribution in [0.15, 0.2) is 54.6 Å². The zero-order valence-electron chi connectivity index (χ0n) is 13.6. The molecule has 1 aromatic heterocycles. The van der Waals surface area contributed by atoms with Gasteiger partial charge in [-0.25, -0.2) is 18.1 Å². The van der Waals surface area contributed by atoms with Gasteiger partial charge in [0, 0.05) is 6.54 Å². The van der Waals surface area contributed by atoms with Gasteiger partial charge in [0.1, 0.15) is 12.4 Å². The maximum Gasteiger partial charge on any atom is 0.215 e. The van der Waals surface area contributed by atoms with Crippen LogP contribution in [0.1, 0.15) is 17.4 Å². The van der Waals surface area contributed by atoms with Crippen LogP contribution >= 0.6 is 0 Å². The normalized spacial score (nSPS) is 17.5. The number of fused-ring (bicyclic) bond motifs is 3. The lowest BCUT2D eigenvalue weighted by Gasteiger charge is -2.26. The zero-order chi connectivity index (χ0) is 17.3. The molecule has 25 heavy (non-hydrogen) atoms. The first-order valence-electron chi connectivity index (χ1n) is 8.17. The van der Waals surface area contributed by atoms with E-state index in [1.165, 1.54) is 0 Å². The molecule has 0 saturated heterocycles. The second-order valence-electron chi connectivity index (χ2n) is 6.15. The van der Waals surface area contributed by atoms with Crippen molar-refractivity contribution in [1.29, 1.82) is 0 Å². The van der Waals surface area contributed by atoms with Crippen LogP contribution in [0, 0.1) is 0 Å². The lowest BCUT2D eigenvalue weighted by Crippen LogP contribution is -2.36. The van der Waals surface area contributed by atoms with Gasteiger partial charge in [0.05, 0.1) is 29.4 Å². The first-order chi connectivity index (χ1) is 12.1. The smallest absolute Gasteiger partial charge is 0.215 e. The molecule has 0 fully saturated rings. The number of aromatic nitrogens is 2. The zero-order valence-corrected chi connectivity index (χ0v) is 14.4. The minimum Gasteiger partial charge on any atom is -0.371 e. The molecule has 2 aromatic carbocycles. The molecule has 130 valence electrons. The summed E-state index contributed by atoms with van der Waals surface area (Å²) in [7, 11) is -3.41. The van der Waals surface area contributed by atoms with Crippen LogP contribution < -0.4 is 4.72 Å². The maximum atomic E-state index is 12.4. The Labute approximate surface area is 146 Å². The van der Waals surface area contributed by atoms with Gasteiger partial charge in [0.2, 0.25) is 10.0 Å². The van der Waals surface area contributed by atoms with Gasteiger partial charge >= 0.3 is 0 Å². The Morgan fingerprint density at radius 2 is 1.88 bits per heavy atom. The van der Waals surface area contributed by atoms with Gasteiger partial charge in [-0.05, 0) is 17.7 Å². The molecular formula is C18H19N3O3S. The molecule has 7 heteroatoms. The molecule has 1 atom stereocenters. The number of imidazole rings is 1. The highest BCUT2D eigenvalue weighted by molar-refractivity contribution is 7.88. The fourth-order valence-corrected chi connectivity index (χ4v) is 4.36. The van der Waals surface area contributed by atoms with Crippen molar-refractivity contribution >= 4 is 21.1 Å². The number of hydrogen-bond acceptors (Lipinski definition) is 4. The van der Waals surface area contributed by atoms with Crippen molar-refractivity contribution < 1.29 is 13.2 Å². The van der Waals surface area contributed by atoms with Crippen LogP contribution in [-0.4, -0.2) is 31.1 Å². The standard InChI is InChI=1S/C18H19N3O3S/c22-25(23,13-14-6-2-1-3-7-14)19-10-15-11-24-12-18-20-16-8-4-5-9-17(16)21(15)18/h1-9,15,19H,10-13H2/t15-/m0/s1. The molecule has 0 spiro atoms. The predicted molar refractivity (Wildman–Crippen MR) is 95.5 cm³/mol. The van der Waals surface area contributed by atoms with E-state index in [2.05, 4.69) is 14.3 Å². The molecule has 6 nitrogen and oxygen atoms in total. The number of sulfonamides is 1. The number of rotatable bonds is 5. The fourth-order valence-electron chi connectivity index (χ4n) is 3.18. The number of para-hydroxylation sites is 2. The number of ether oxygens (including phenoxy) is 1. The Balaban J connectivity index is 1.53. The molecular weight excluding hydrogens is 338 g/mol. The van der Waals surface area contributed by atoms with E-state index in [0.29, 0.717) is 13.2 Å². The Morgan fingerprint density at radius 1 is 1.12 bits per heavy atom. The number of benzene rings is 2. The minimum absolute atomic E-state index is 0.0288. The molecule has 0 aliphatic carbocycles. The average Bonchev–Trinajstić information content (AvgIpc) is 3.00. The fraction of sp³-hybridized carbons (Fsp3) is 0.278. The molecule has 1 aliphatic rings. The van der Waals surface area contributed by atoms with E-state index in [0.717, 1.165) is 22.4 Å². The van der Waals surface area contributed by atoms with E-state index in [1.54, 1.807) is 0 Å². The first kappa shape index (κ1) is 16.3. The van der Waals surface area contributed by atoms with Crippen molar-refractivity contribution in [2.24, 2.45) is 0 Å². The Kier molecular flexibility index (Phi) is 4.29. The predicted octanol–water partition coefficient (Wildman–Crippen LogP) is 2.23. The Bertz CT molecular complexity index is 983. The molecule has 0 amide bonds. The van der Waals surface area contributed by atoms with E-state index < -0.39 is 10.0 Å². The monoisotopic (exact) mass is 357 g/mol. The molecule has 0 bridgehead atoms. The van der Waals surface area contributed by atoms with Crippen molar-refractivity contribution in [3.8, 4) is 0 Å². The molecule has 1 aliphatic heterocycles. The Morgan fingerprint density at radius 3 is 2.72 bits per heavy atom. The topological polar surface area (TPSA) is 73.2 Å². The van der Waals surface area contributed by atoms with Crippen LogP contribution in [0.5, 0.6) is 0 Å². The highest BCUT2D eigenvalue weighted by Crippen LogP contribution is 2.25. The van der Waals surface area contributed by atoms with Crippen molar-refractivity contribution in [2.45, 2.75) is 18.4 Å². The SMILES string of the molecule is O=S(=O)(Cc1ccccc1)NC[C@H]1COCc2nc3ccccc3n21. The van der Waals surface area contributed by atoms with Crippen LogP contribution in [0.2, 0.25) is 0 Å². The van der Waals surface area contributed by atoms with Crippen molar-refractivity contribution in [2.75, 3.05) is 13.2 Å². The van der Waals surface area contributed by atoms with E-state index in [1.807, 2.05) is 54.6 Å². The van der Waals surface area contributed by atoms with Gasteiger partial charge in [-0.15, -0.1) is 0 Å². The lowest BCUT2D eigenvalue weighted by atomic mass is 10.2. The number of nitrogens with zero attached hydrogens (tertiary/aromatic N) is 2. The van der Waals surface area contributed by atoms with Gasteiger partial charge in [0.15, 0.2) is 0 Å². The number of hydrogen-bond donors (Lipinski definition) is 1. The minimum atomic E-state index is -3.41. The summed E-state index contributed by atoms with van der Waals surface area (Å²) >= 11 is 0. The summed E-state index contributed by atoms with van der Waals surface area (Å²) in [6, 6.07) is 16.9. The molecule has 2 heterocycles. The summed E-state index contributed by atoms with van der Waals surface area (Å²) in [5.41, 5.74) is 2.68. The van der Waals surface area contributed by atoms with Gasteiger partial charge in [-0.1, -0.05) is 42.5 Å². The number of nitrogens with one attached hydrogen (secondary N) is 1. The quantitative estimate of drug-likeness (QED) is 0.760. The van der Waals surface area contributed by atoms with Gasteiger partial charge < -0.3 is 9.30 Å². The summed E-state index contributed by atoms with van der Waals surface area (Å²) in [6.45, 7) is 1.19. The molecule has 0 saturated carbocycles. The van der Waals surface area contributed by atoms with Crippen LogP contribution in [0.25, 0.3) is 11.0 Å². The Hall–Kier alpha value is -2.22. The summed E-state index contributed by atoms with van der Waals surface area (Å²) in [5.74, 6) is 0.804. The maximum absolute atomic E-state index is 12.4. The van der Waals surface area contributed by atoms with Gasteiger partial charge in [-0.3, -0.25) is 0 Å². The van der Waals surface area contributed by atoms with Crippen LogP contribution in [0.3, 0.4) is 0 Å². The second-order valence-corrected chi connectivity index (χ2v) is 7.96. The third-order valence-electron chi connectivity index (χ3n) is 4.31. The summed E-state index contributed by atoms with van der Waals surface area (Å²) in [5, 5.41) is 0. The molecule has 4 rings (SSSR count). The van der Waals surface area contributed by atoms with E-state index in [4.69, 9.17) is 4.74 Å². The van der Waals surface area contributed by atoms with Crippen molar-refractivity contribution in [1.82, 2.24) is 14.3 Å². The van der Waals surface area contributed by atoms with Crippen LogP contribution in [0.4, 0.5) is 0 Å². The second kappa shape index (κ2) is 6.59. The van der Waals surface area contributed by atoms with Crippen molar-refractivity contribution in [3.05, 3.63) is 66.0 Å². The van der Waals surface area contributed by atoms with Gasteiger partial charge in [0.25, 0.3) is 0 Å². The third-order valence-corrected chi connectivity index (χ3v) is 5.63. The van der Waals surface area contributed by atoms with E-state index in [-0.39, 0.29) is 18.3 Å². The van der Waals surface area contributed by atoms with E-state index >= 15 is 0 Å². The largest absolute Gasteiger partial charge is 0.371 e. The highest BCUT2D eigenvalue weighted by Gasteiger charge is 2.25. The average molecular weight is 357 g/mol. The van der Waals surface area contributed by atoms with Crippen LogP contribution in [-0.2, 0) is 27.1 Å². The molecule has 0 unspecified atom stereocenters. The van der Waals surface area contributed by atoms with Crippen molar-refractivity contribution in [3.63, 3.8) is 0 Å². The summed E-state index contributed by atoms with van der Waals surface area (Å²) < 4.78 is 35.2. The van der Waals surface area contributed by atoms with Gasteiger partial charge in [-0.2, -0.15) is 0 Å².